The van der Waals surface area contributed by atoms with E-state index in [1.54, 1.807) is 0 Å². The van der Waals surface area contributed by atoms with Crippen molar-refractivity contribution in [3.8, 4) is 0 Å². The molecular weight excluding hydrogens is 396 g/mol. The molecule has 1 amide bonds. The Morgan fingerprint density at radius 2 is 1.70 bits per heavy atom. The predicted octanol–water partition coefficient (Wildman–Crippen LogP) is 4.32. The number of hydrogen-bond acceptors (Lipinski definition) is 3. The lowest BCUT2D eigenvalue weighted by Crippen LogP contribution is -2.49. The molecule has 158 valence electrons. The average molecular weight is 425 g/mol. The van der Waals surface area contributed by atoms with Crippen LogP contribution in [0.1, 0.15) is 30.0 Å². The molecule has 3 aromatic rings. The number of hydrogen-bond donors (Lipinski definition) is 1. The summed E-state index contributed by atoms with van der Waals surface area (Å²) in [6.45, 7) is 5.92. The number of sulfonamides is 1. The van der Waals surface area contributed by atoms with E-state index in [0.717, 1.165) is 33.7 Å². The Morgan fingerprint density at radius 3 is 2.37 bits per heavy atom. The molecule has 0 fully saturated rings. The number of anilines is 1. The van der Waals surface area contributed by atoms with Crippen LogP contribution in [0.15, 0.2) is 60.7 Å². The van der Waals surface area contributed by atoms with Gasteiger partial charge in [0.05, 0.1) is 11.9 Å². The summed E-state index contributed by atoms with van der Waals surface area (Å²) >= 11 is 0. The fraction of sp³-hybridized carbons (Fsp3) is 0.292. The first-order valence-electron chi connectivity index (χ1n) is 10.0. The first kappa shape index (κ1) is 21.8. The smallest absolute Gasteiger partial charge is 0.244 e. The van der Waals surface area contributed by atoms with Gasteiger partial charge in [0, 0.05) is 6.54 Å². The summed E-state index contributed by atoms with van der Waals surface area (Å²) in [4.78, 5) is 13.1. The second kappa shape index (κ2) is 8.88. The van der Waals surface area contributed by atoms with Gasteiger partial charge in [0.1, 0.15) is 6.04 Å². The molecule has 0 bridgehead atoms. The molecule has 0 heterocycles. The van der Waals surface area contributed by atoms with Gasteiger partial charge in [0.2, 0.25) is 15.9 Å². The molecule has 0 aromatic heterocycles. The van der Waals surface area contributed by atoms with Gasteiger partial charge in [-0.25, -0.2) is 8.42 Å². The van der Waals surface area contributed by atoms with E-state index < -0.39 is 16.1 Å². The number of benzene rings is 3. The maximum absolute atomic E-state index is 13.1. The molecular formula is C24H28N2O3S. The number of nitrogens with one attached hydrogen (secondary N) is 1. The van der Waals surface area contributed by atoms with Crippen molar-refractivity contribution in [3.05, 3.63) is 77.4 Å². The highest BCUT2D eigenvalue weighted by atomic mass is 32.2. The van der Waals surface area contributed by atoms with Gasteiger partial charge >= 0.3 is 0 Å². The van der Waals surface area contributed by atoms with Crippen molar-refractivity contribution in [1.29, 1.82) is 0 Å². The molecule has 6 heteroatoms. The Kier molecular flexibility index (Phi) is 6.46. The Hall–Kier alpha value is -2.86. The number of fused-ring (bicyclic) bond motifs is 1. The molecule has 0 saturated heterocycles. The molecule has 0 unspecified atom stereocenters. The number of rotatable bonds is 7. The maximum Gasteiger partial charge on any atom is 0.244 e. The van der Waals surface area contributed by atoms with Crippen LogP contribution in [0, 0.1) is 13.8 Å². The molecule has 1 N–H and O–H groups in total. The Bertz CT molecular complexity index is 1170. The normalized spacial score (nSPS) is 12.5. The summed E-state index contributed by atoms with van der Waals surface area (Å²) in [5, 5.41) is 5.16. The fourth-order valence-corrected chi connectivity index (χ4v) is 4.91. The molecule has 0 aliphatic rings. The number of carbonyl (C=O) groups is 1. The molecule has 0 spiro atoms. The summed E-state index contributed by atoms with van der Waals surface area (Å²) in [5.74, 6) is -0.308. The van der Waals surface area contributed by atoms with E-state index in [0.29, 0.717) is 18.7 Å². The molecule has 5 nitrogen and oxygen atoms in total. The van der Waals surface area contributed by atoms with Crippen LogP contribution in [-0.4, -0.2) is 26.6 Å². The monoisotopic (exact) mass is 424 g/mol. The second-order valence-corrected chi connectivity index (χ2v) is 9.53. The third-order valence-corrected chi connectivity index (χ3v) is 6.38. The van der Waals surface area contributed by atoms with Gasteiger partial charge in [-0.1, -0.05) is 55.5 Å². The van der Waals surface area contributed by atoms with Gasteiger partial charge < -0.3 is 5.32 Å². The molecule has 0 radical (unpaired) electrons. The zero-order valence-corrected chi connectivity index (χ0v) is 18.7. The highest BCUT2D eigenvalue weighted by Gasteiger charge is 2.32. The third-order valence-electron chi connectivity index (χ3n) is 5.21. The zero-order chi connectivity index (χ0) is 21.9. The minimum atomic E-state index is -3.65. The SMILES string of the molecule is CC[C@@H](C(=O)NCc1ccc2ccccc2c1)N(c1cc(C)ccc1C)S(C)(=O)=O. The first-order chi connectivity index (χ1) is 14.2. The van der Waals surface area contributed by atoms with E-state index >= 15 is 0 Å². The van der Waals surface area contributed by atoms with Gasteiger partial charge in [0.15, 0.2) is 0 Å². The standard InChI is InChI=1S/C24H28N2O3S/c1-5-22(26(30(4,28)29)23-14-17(2)10-11-18(23)3)24(27)25-16-19-12-13-20-8-6-7-9-21(20)15-19/h6-15,22H,5,16H2,1-4H3,(H,25,27)/t22-/m0/s1. The van der Waals surface area contributed by atoms with Crippen LogP contribution in [0.4, 0.5) is 5.69 Å². The molecule has 1 atom stereocenters. The fourth-order valence-electron chi connectivity index (χ4n) is 3.65. The number of amides is 1. The van der Waals surface area contributed by atoms with Crippen molar-refractivity contribution < 1.29 is 13.2 Å². The quantitative estimate of drug-likeness (QED) is 0.614. The molecule has 0 aliphatic carbocycles. The van der Waals surface area contributed by atoms with Crippen LogP contribution in [0.2, 0.25) is 0 Å². The molecule has 0 aliphatic heterocycles. The molecule has 30 heavy (non-hydrogen) atoms. The lowest BCUT2D eigenvalue weighted by Gasteiger charge is -2.31. The Morgan fingerprint density at radius 1 is 1.00 bits per heavy atom. The highest BCUT2D eigenvalue weighted by molar-refractivity contribution is 7.92. The predicted molar refractivity (Wildman–Crippen MR) is 123 cm³/mol. The zero-order valence-electron chi connectivity index (χ0n) is 17.8. The van der Waals surface area contributed by atoms with Gasteiger partial charge in [0.25, 0.3) is 0 Å². The summed E-state index contributed by atoms with van der Waals surface area (Å²) in [6.07, 6.45) is 1.51. The van der Waals surface area contributed by atoms with Gasteiger partial charge in [-0.2, -0.15) is 0 Å². The van der Waals surface area contributed by atoms with Crippen molar-refractivity contribution >= 4 is 32.4 Å². The van der Waals surface area contributed by atoms with Crippen LogP contribution in [0.25, 0.3) is 10.8 Å². The lowest BCUT2D eigenvalue weighted by molar-refractivity contribution is -0.122. The van der Waals surface area contributed by atoms with Crippen molar-refractivity contribution in [2.24, 2.45) is 0 Å². The number of aryl methyl sites for hydroxylation is 2. The highest BCUT2D eigenvalue weighted by Crippen LogP contribution is 2.27. The van der Waals surface area contributed by atoms with Crippen LogP contribution < -0.4 is 9.62 Å². The lowest BCUT2D eigenvalue weighted by atomic mass is 10.1. The van der Waals surface area contributed by atoms with E-state index in [1.807, 2.05) is 81.4 Å². The van der Waals surface area contributed by atoms with Crippen LogP contribution in [0.5, 0.6) is 0 Å². The first-order valence-corrected chi connectivity index (χ1v) is 11.9. The Balaban J connectivity index is 1.85. The van der Waals surface area contributed by atoms with Crippen LogP contribution in [-0.2, 0) is 21.4 Å². The van der Waals surface area contributed by atoms with E-state index in [9.17, 15) is 13.2 Å². The summed E-state index contributed by atoms with van der Waals surface area (Å²) in [6, 6.07) is 18.9. The van der Waals surface area contributed by atoms with Crippen molar-refractivity contribution in [2.45, 2.75) is 39.8 Å². The molecule has 3 aromatic carbocycles. The van der Waals surface area contributed by atoms with Gasteiger partial charge in [-0.15, -0.1) is 0 Å². The van der Waals surface area contributed by atoms with E-state index in [4.69, 9.17) is 0 Å². The Labute approximate surface area is 178 Å². The molecule has 0 saturated carbocycles. The maximum atomic E-state index is 13.1. The molecule has 3 rings (SSSR count). The number of nitrogens with zero attached hydrogens (tertiary/aromatic N) is 1. The van der Waals surface area contributed by atoms with Crippen LogP contribution in [0.3, 0.4) is 0 Å². The van der Waals surface area contributed by atoms with Gasteiger partial charge in [-0.05, 0) is 59.9 Å². The van der Waals surface area contributed by atoms with Gasteiger partial charge in [-0.3, -0.25) is 9.10 Å². The second-order valence-electron chi connectivity index (χ2n) is 7.67. The third kappa shape index (κ3) is 4.82. The average Bonchev–Trinajstić information content (AvgIpc) is 2.71. The summed E-state index contributed by atoms with van der Waals surface area (Å²) < 4.78 is 26.6. The minimum absolute atomic E-state index is 0.308. The van der Waals surface area contributed by atoms with Crippen molar-refractivity contribution in [3.63, 3.8) is 0 Å². The summed E-state index contributed by atoms with van der Waals surface area (Å²) in [5.41, 5.74) is 3.27. The minimum Gasteiger partial charge on any atom is -0.350 e. The van der Waals surface area contributed by atoms with Crippen LogP contribution >= 0.6 is 0 Å². The van der Waals surface area contributed by atoms with Crippen molar-refractivity contribution in [1.82, 2.24) is 5.32 Å². The summed E-state index contributed by atoms with van der Waals surface area (Å²) in [7, 11) is -3.65. The topological polar surface area (TPSA) is 66.5 Å². The largest absolute Gasteiger partial charge is 0.350 e. The van der Waals surface area contributed by atoms with E-state index in [-0.39, 0.29) is 5.91 Å². The van der Waals surface area contributed by atoms with E-state index in [2.05, 4.69) is 5.32 Å². The number of carbonyl (C=O) groups excluding carboxylic acids is 1. The van der Waals surface area contributed by atoms with E-state index in [1.165, 1.54) is 4.31 Å². The van der Waals surface area contributed by atoms with Crippen molar-refractivity contribution in [2.75, 3.05) is 10.6 Å².